The number of hydrogen-bond acceptors (Lipinski definition) is 6. The molecule has 0 saturated heterocycles. The van der Waals surface area contributed by atoms with Crippen LogP contribution in [0, 0.1) is 0 Å². The summed E-state index contributed by atoms with van der Waals surface area (Å²) in [5, 5.41) is 0. The maximum Gasteiger partial charge on any atom is 0.306 e. The zero-order valence-electron chi connectivity index (χ0n) is 48.8. The first-order chi connectivity index (χ1) is 36.5. The second kappa shape index (κ2) is 62.1. The van der Waals surface area contributed by atoms with E-state index in [0.29, 0.717) is 19.3 Å². The Labute approximate surface area is 458 Å². The fraction of sp³-hybridized carbons (Fsp3) is 0.750. The molecule has 0 aromatic heterocycles. The lowest BCUT2D eigenvalue weighted by atomic mass is 10.0. The molecule has 0 N–H and O–H groups in total. The molecule has 0 fully saturated rings. The quantitative estimate of drug-likeness (QED) is 0.0261. The van der Waals surface area contributed by atoms with E-state index in [0.717, 1.165) is 109 Å². The van der Waals surface area contributed by atoms with E-state index < -0.39 is 6.10 Å². The molecule has 6 heteroatoms. The summed E-state index contributed by atoms with van der Waals surface area (Å²) in [4.78, 5) is 38.3. The van der Waals surface area contributed by atoms with Crippen molar-refractivity contribution in [1.82, 2.24) is 0 Å². The Hall–Kier alpha value is -3.41. The number of allylic oxidation sites excluding steroid dienone is 14. The molecule has 0 amide bonds. The highest BCUT2D eigenvalue weighted by atomic mass is 16.6. The van der Waals surface area contributed by atoms with Crippen LogP contribution in [0.4, 0.5) is 0 Å². The summed E-state index contributed by atoms with van der Waals surface area (Å²) in [5.41, 5.74) is 0. The minimum Gasteiger partial charge on any atom is -0.462 e. The summed E-state index contributed by atoms with van der Waals surface area (Å²) in [6.07, 6.45) is 81.5. The molecule has 0 aliphatic heterocycles. The van der Waals surface area contributed by atoms with Gasteiger partial charge in [-0.2, -0.15) is 0 Å². The standard InChI is InChI=1S/C68H118O6/c1-4-7-10-13-16-19-22-25-27-29-31-32-33-34-35-36-38-39-41-43-46-49-52-55-58-61-67(70)73-64-65(63-72-66(69)60-57-54-51-48-45-24-21-18-15-12-9-6-3)74-68(71)62-59-56-53-50-47-44-42-40-37-30-28-26-23-20-17-14-11-8-5-2/h7,10,16-17,19-20,25-28,31-32,37,40,65H,4-6,8-9,11-15,18,21-24,29-30,33-36,38-39,41-64H2,1-3H3/b10-7-,19-16-,20-17-,27-25-,28-26-,32-31-,40-37-. The van der Waals surface area contributed by atoms with E-state index in [1.807, 2.05) is 0 Å². The number of carbonyl (C=O) groups excluding carboxylic acids is 3. The Morgan fingerprint density at radius 2 is 0.527 bits per heavy atom. The Morgan fingerprint density at radius 1 is 0.284 bits per heavy atom. The van der Waals surface area contributed by atoms with Crippen LogP contribution in [0.25, 0.3) is 0 Å². The van der Waals surface area contributed by atoms with Crippen molar-refractivity contribution < 1.29 is 28.6 Å². The van der Waals surface area contributed by atoms with Crippen LogP contribution in [0.15, 0.2) is 85.1 Å². The van der Waals surface area contributed by atoms with Gasteiger partial charge in [0, 0.05) is 19.3 Å². The van der Waals surface area contributed by atoms with E-state index in [1.54, 1.807) is 0 Å². The number of carbonyl (C=O) groups is 3. The number of rotatable bonds is 57. The fourth-order valence-corrected chi connectivity index (χ4v) is 8.91. The average molecular weight is 1030 g/mol. The fourth-order valence-electron chi connectivity index (χ4n) is 8.91. The summed E-state index contributed by atoms with van der Waals surface area (Å²) < 4.78 is 16.9. The molecule has 0 rings (SSSR count). The third-order valence-corrected chi connectivity index (χ3v) is 13.6. The molecule has 1 unspecified atom stereocenters. The highest BCUT2D eigenvalue weighted by Crippen LogP contribution is 2.16. The number of esters is 3. The lowest BCUT2D eigenvalue weighted by Gasteiger charge is -2.18. The van der Waals surface area contributed by atoms with E-state index in [9.17, 15) is 14.4 Å². The van der Waals surface area contributed by atoms with E-state index in [4.69, 9.17) is 14.2 Å². The molecule has 0 aromatic rings. The first kappa shape index (κ1) is 70.6. The van der Waals surface area contributed by atoms with Crippen LogP contribution in [0.5, 0.6) is 0 Å². The molecule has 0 spiro atoms. The Morgan fingerprint density at radius 3 is 0.851 bits per heavy atom. The van der Waals surface area contributed by atoms with E-state index >= 15 is 0 Å². The Bertz CT molecular complexity index is 1420. The highest BCUT2D eigenvalue weighted by molar-refractivity contribution is 5.71. The van der Waals surface area contributed by atoms with Crippen molar-refractivity contribution in [1.29, 1.82) is 0 Å². The predicted molar refractivity (Wildman–Crippen MR) is 321 cm³/mol. The van der Waals surface area contributed by atoms with Crippen LogP contribution in [0.2, 0.25) is 0 Å². The Balaban J connectivity index is 4.31. The van der Waals surface area contributed by atoms with Crippen molar-refractivity contribution >= 4 is 17.9 Å². The summed E-state index contributed by atoms with van der Waals surface area (Å²) in [6.45, 7) is 6.51. The predicted octanol–water partition coefficient (Wildman–Crippen LogP) is 21.5. The molecule has 0 saturated carbocycles. The van der Waals surface area contributed by atoms with E-state index in [2.05, 4.69) is 106 Å². The van der Waals surface area contributed by atoms with Gasteiger partial charge in [0.15, 0.2) is 6.10 Å². The van der Waals surface area contributed by atoms with Gasteiger partial charge in [0.2, 0.25) is 0 Å². The van der Waals surface area contributed by atoms with Crippen molar-refractivity contribution in [3.05, 3.63) is 85.1 Å². The van der Waals surface area contributed by atoms with Gasteiger partial charge in [0.25, 0.3) is 0 Å². The molecule has 6 nitrogen and oxygen atoms in total. The Kier molecular flexibility index (Phi) is 59.3. The van der Waals surface area contributed by atoms with E-state index in [1.165, 1.54) is 161 Å². The molecule has 1 atom stereocenters. The molecule has 0 aliphatic carbocycles. The van der Waals surface area contributed by atoms with Crippen molar-refractivity contribution in [2.75, 3.05) is 13.2 Å². The van der Waals surface area contributed by atoms with Crippen LogP contribution in [-0.2, 0) is 28.6 Å². The van der Waals surface area contributed by atoms with Gasteiger partial charge in [0.1, 0.15) is 13.2 Å². The second-order valence-corrected chi connectivity index (χ2v) is 20.9. The van der Waals surface area contributed by atoms with Gasteiger partial charge in [-0.25, -0.2) is 0 Å². The lowest BCUT2D eigenvalue weighted by Crippen LogP contribution is -2.30. The van der Waals surface area contributed by atoms with Crippen LogP contribution in [-0.4, -0.2) is 37.2 Å². The number of ether oxygens (including phenoxy) is 3. The summed E-state index contributed by atoms with van der Waals surface area (Å²) >= 11 is 0. The first-order valence-corrected chi connectivity index (χ1v) is 31.6. The molecular weight excluding hydrogens is 913 g/mol. The second-order valence-electron chi connectivity index (χ2n) is 20.9. The third kappa shape index (κ3) is 59.5. The van der Waals surface area contributed by atoms with Gasteiger partial charge in [-0.1, -0.05) is 279 Å². The van der Waals surface area contributed by atoms with Gasteiger partial charge in [-0.05, 0) is 96.3 Å². The molecule has 426 valence electrons. The molecular formula is C68H118O6. The maximum absolute atomic E-state index is 12.9. The third-order valence-electron chi connectivity index (χ3n) is 13.6. The van der Waals surface area contributed by atoms with Crippen LogP contribution in [0.1, 0.15) is 310 Å². The van der Waals surface area contributed by atoms with Gasteiger partial charge in [-0.15, -0.1) is 0 Å². The SMILES string of the molecule is CC/C=C\C/C=C\C/C=C\C/C=C\CCCCCCCCCCCCCCC(=O)OCC(COC(=O)CCCCCCCCCCCCCC)OC(=O)CCCCCCCC/C=C\C/C=C\C/C=C\CCCCC. The zero-order valence-corrected chi connectivity index (χ0v) is 48.8. The van der Waals surface area contributed by atoms with E-state index in [-0.39, 0.29) is 31.1 Å². The molecule has 0 aliphatic rings. The lowest BCUT2D eigenvalue weighted by molar-refractivity contribution is -0.167. The minimum absolute atomic E-state index is 0.0793. The van der Waals surface area contributed by atoms with Gasteiger partial charge in [0.05, 0.1) is 0 Å². The van der Waals surface area contributed by atoms with Crippen molar-refractivity contribution in [2.45, 2.75) is 316 Å². The molecule has 74 heavy (non-hydrogen) atoms. The minimum atomic E-state index is -0.783. The molecule has 0 heterocycles. The van der Waals surface area contributed by atoms with Crippen LogP contribution >= 0.6 is 0 Å². The van der Waals surface area contributed by atoms with Gasteiger partial charge >= 0.3 is 17.9 Å². The molecule has 0 aromatic carbocycles. The molecule has 0 bridgehead atoms. The van der Waals surface area contributed by atoms with Gasteiger partial charge in [-0.3, -0.25) is 14.4 Å². The first-order valence-electron chi connectivity index (χ1n) is 31.6. The zero-order chi connectivity index (χ0) is 53.6. The average Bonchev–Trinajstić information content (AvgIpc) is 3.40. The van der Waals surface area contributed by atoms with Gasteiger partial charge < -0.3 is 14.2 Å². The van der Waals surface area contributed by atoms with Crippen molar-refractivity contribution in [2.24, 2.45) is 0 Å². The summed E-state index contributed by atoms with van der Waals surface area (Å²) in [6, 6.07) is 0. The van der Waals surface area contributed by atoms with Crippen molar-refractivity contribution in [3.63, 3.8) is 0 Å². The summed E-state index contributed by atoms with van der Waals surface area (Å²) in [7, 11) is 0. The normalized spacial score (nSPS) is 12.6. The number of unbranched alkanes of at least 4 members (excludes halogenated alkanes) is 32. The van der Waals surface area contributed by atoms with Crippen LogP contribution in [0.3, 0.4) is 0 Å². The van der Waals surface area contributed by atoms with Crippen molar-refractivity contribution in [3.8, 4) is 0 Å². The summed E-state index contributed by atoms with van der Waals surface area (Å²) in [5.74, 6) is -0.882. The smallest absolute Gasteiger partial charge is 0.306 e. The topological polar surface area (TPSA) is 78.9 Å². The molecule has 0 radical (unpaired) electrons. The largest absolute Gasteiger partial charge is 0.462 e. The van der Waals surface area contributed by atoms with Crippen LogP contribution < -0.4 is 0 Å². The monoisotopic (exact) mass is 1030 g/mol. The maximum atomic E-state index is 12.9. The highest BCUT2D eigenvalue weighted by Gasteiger charge is 2.19. The number of hydrogen-bond donors (Lipinski definition) is 0.